The Balaban J connectivity index is 2.34. The van der Waals surface area contributed by atoms with E-state index in [0.717, 1.165) is 39.3 Å². The van der Waals surface area contributed by atoms with Gasteiger partial charge in [-0.05, 0) is 51.5 Å². The predicted octanol–water partition coefficient (Wildman–Crippen LogP) is 2.60. The maximum absolute atomic E-state index is 5.71. The smallest absolute Gasteiger partial charge is 0.0518 e. The largest absolute Gasteiger partial charge is 0.381 e. The molecular weight excluding hydrogens is 214 g/mol. The van der Waals surface area contributed by atoms with Crippen molar-refractivity contribution in [1.82, 2.24) is 5.32 Å². The average molecular weight is 243 g/mol. The van der Waals surface area contributed by atoms with E-state index in [0.29, 0.717) is 11.5 Å². The summed E-state index contributed by atoms with van der Waals surface area (Å²) in [7, 11) is 0. The van der Waals surface area contributed by atoms with E-state index in [-0.39, 0.29) is 0 Å². The molecule has 3 nitrogen and oxygen atoms in total. The number of hydrogen-bond donors (Lipinski definition) is 1. The molecule has 1 saturated heterocycles. The molecule has 0 saturated carbocycles. The lowest BCUT2D eigenvalue weighted by Crippen LogP contribution is -2.40. The minimum atomic E-state index is 0.343. The quantitative estimate of drug-likeness (QED) is 0.665. The molecule has 1 rings (SSSR count). The van der Waals surface area contributed by atoms with Crippen molar-refractivity contribution in [2.45, 2.75) is 52.6 Å². The van der Waals surface area contributed by atoms with E-state index in [1.54, 1.807) is 0 Å². The van der Waals surface area contributed by atoms with Gasteiger partial charge >= 0.3 is 0 Å². The Bertz CT molecular complexity index is 189. The van der Waals surface area contributed by atoms with Gasteiger partial charge in [0.25, 0.3) is 0 Å². The maximum Gasteiger partial charge on any atom is 0.0518 e. The zero-order chi connectivity index (χ0) is 12.6. The van der Waals surface area contributed by atoms with E-state index in [1.165, 1.54) is 19.3 Å². The zero-order valence-electron chi connectivity index (χ0n) is 11.8. The maximum atomic E-state index is 5.71. The van der Waals surface area contributed by atoms with Crippen molar-refractivity contribution in [2.75, 3.05) is 32.9 Å². The highest BCUT2D eigenvalue weighted by molar-refractivity contribution is 4.84. The first-order chi connectivity index (χ1) is 8.18. The molecule has 0 bridgehead atoms. The Hall–Kier alpha value is -0.120. The molecule has 0 aromatic heterocycles. The highest BCUT2D eigenvalue weighted by Gasteiger charge is 2.31. The molecule has 0 aromatic carbocycles. The Morgan fingerprint density at radius 1 is 1.29 bits per heavy atom. The third-order valence-electron chi connectivity index (χ3n) is 3.56. The van der Waals surface area contributed by atoms with Crippen LogP contribution in [0.1, 0.15) is 46.5 Å². The second-order valence-electron chi connectivity index (χ2n) is 5.46. The van der Waals surface area contributed by atoms with Gasteiger partial charge in [0.05, 0.1) is 6.10 Å². The van der Waals surface area contributed by atoms with Crippen LogP contribution in [0.5, 0.6) is 0 Å². The molecule has 102 valence electrons. The van der Waals surface area contributed by atoms with Gasteiger partial charge < -0.3 is 14.8 Å². The summed E-state index contributed by atoms with van der Waals surface area (Å²) in [5, 5.41) is 3.57. The van der Waals surface area contributed by atoms with E-state index in [9.17, 15) is 0 Å². The molecular formula is C14H29NO2. The van der Waals surface area contributed by atoms with Gasteiger partial charge in [0.1, 0.15) is 0 Å². The van der Waals surface area contributed by atoms with Crippen molar-refractivity contribution >= 4 is 0 Å². The van der Waals surface area contributed by atoms with Crippen molar-refractivity contribution in [1.29, 1.82) is 0 Å². The van der Waals surface area contributed by atoms with Crippen LogP contribution in [0.2, 0.25) is 0 Å². The van der Waals surface area contributed by atoms with Gasteiger partial charge in [0.15, 0.2) is 0 Å². The first-order valence-corrected chi connectivity index (χ1v) is 7.08. The molecule has 1 N–H and O–H groups in total. The molecule has 0 radical (unpaired) electrons. The van der Waals surface area contributed by atoms with Gasteiger partial charge in [0.2, 0.25) is 0 Å². The fraction of sp³-hybridized carbons (Fsp3) is 1.00. The van der Waals surface area contributed by atoms with Crippen LogP contribution in [-0.4, -0.2) is 39.0 Å². The SMILES string of the molecule is CCCNCC1(CCOC(C)C)CCOCC1. The minimum Gasteiger partial charge on any atom is -0.381 e. The fourth-order valence-electron chi connectivity index (χ4n) is 2.36. The first-order valence-electron chi connectivity index (χ1n) is 7.08. The molecule has 1 heterocycles. The van der Waals surface area contributed by atoms with Crippen molar-refractivity contribution in [3.05, 3.63) is 0 Å². The minimum absolute atomic E-state index is 0.343. The van der Waals surface area contributed by atoms with E-state index in [4.69, 9.17) is 9.47 Å². The molecule has 0 atom stereocenters. The molecule has 0 spiro atoms. The summed E-state index contributed by atoms with van der Waals surface area (Å²) in [5.41, 5.74) is 0.405. The highest BCUT2D eigenvalue weighted by atomic mass is 16.5. The lowest BCUT2D eigenvalue weighted by Gasteiger charge is -2.37. The monoisotopic (exact) mass is 243 g/mol. The predicted molar refractivity (Wildman–Crippen MR) is 71.4 cm³/mol. The van der Waals surface area contributed by atoms with E-state index >= 15 is 0 Å². The summed E-state index contributed by atoms with van der Waals surface area (Å²) in [6, 6.07) is 0. The van der Waals surface area contributed by atoms with Gasteiger partial charge in [-0.25, -0.2) is 0 Å². The standard InChI is InChI=1S/C14H29NO2/c1-4-8-15-12-14(5-9-16-10-6-14)7-11-17-13(2)3/h13,15H,4-12H2,1-3H3. The normalized spacial score (nSPS) is 19.8. The van der Waals surface area contributed by atoms with Crippen LogP contribution in [0.3, 0.4) is 0 Å². The number of hydrogen-bond acceptors (Lipinski definition) is 3. The molecule has 0 amide bonds. The number of ether oxygens (including phenoxy) is 2. The average Bonchev–Trinajstić information content (AvgIpc) is 2.30. The Morgan fingerprint density at radius 3 is 2.59 bits per heavy atom. The molecule has 0 unspecified atom stereocenters. The van der Waals surface area contributed by atoms with Crippen molar-refractivity contribution in [3.8, 4) is 0 Å². The van der Waals surface area contributed by atoms with Crippen LogP contribution in [0.25, 0.3) is 0 Å². The molecule has 1 aliphatic rings. The number of rotatable bonds is 8. The van der Waals surface area contributed by atoms with Crippen LogP contribution in [0, 0.1) is 5.41 Å². The summed E-state index contributed by atoms with van der Waals surface area (Å²) in [6.07, 6.45) is 5.05. The van der Waals surface area contributed by atoms with E-state index in [1.807, 2.05) is 0 Å². The molecule has 1 aliphatic heterocycles. The van der Waals surface area contributed by atoms with Gasteiger partial charge in [0, 0.05) is 26.4 Å². The lowest BCUT2D eigenvalue weighted by atomic mass is 9.77. The van der Waals surface area contributed by atoms with Gasteiger partial charge in [-0.15, -0.1) is 0 Å². The van der Waals surface area contributed by atoms with Crippen molar-refractivity contribution < 1.29 is 9.47 Å². The lowest BCUT2D eigenvalue weighted by molar-refractivity contribution is -0.0144. The Morgan fingerprint density at radius 2 is 2.00 bits per heavy atom. The molecule has 1 fully saturated rings. The van der Waals surface area contributed by atoms with Crippen molar-refractivity contribution in [2.24, 2.45) is 5.41 Å². The molecule has 0 aliphatic carbocycles. The van der Waals surface area contributed by atoms with Gasteiger partial charge in [-0.3, -0.25) is 0 Å². The summed E-state index contributed by atoms with van der Waals surface area (Å²) in [5.74, 6) is 0. The molecule has 17 heavy (non-hydrogen) atoms. The van der Waals surface area contributed by atoms with Gasteiger partial charge in [-0.2, -0.15) is 0 Å². The van der Waals surface area contributed by atoms with Crippen molar-refractivity contribution in [3.63, 3.8) is 0 Å². The second-order valence-corrected chi connectivity index (χ2v) is 5.46. The summed E-state index contributed by atoms with van der Waals surface area (Å²) in [4.78, 5) is 0. The van der Waals surface area contributed by atoms with Gasteiger partial charge in [-0.1, -0.05) is 6.92 Å². The zero-order valence-corrected chi connectivity index (χ0v) is 11.8. The fourth-order valence-corrected chi connectivity index (χ4v) is 2.36. The summed E-state index contributed by atoms with van der Waals surface area (Å²) >= 11 is 0. The summed E-state index contributed by atoms with van der Waals surface area (Å²) < 4.78 is 11.2. The van der Waals surface area contributed by atoms with Crippen LogP contribution < -0.4 is 5.32 Å². The molecule has 3 heteroatoms. The third kappa shape index (κ3) is 5.84. The van der Waals surface area contributed by atoms with Crippen LogP contribution >= 0.6 is 0 Å². The Kier molecular flexibility index (Phi) is 7.09. The Labute approximate surface area is 106 Å². The summed E-state index contributed by atoms with van der Waals surface area (Å²) in [6.45, 7) is 11.4. The first kappa shape index (κ1) is 14.9. The van der Waals surface area contributed by atoms with E-state index in [2.05, 4.69) is 26.1 Å². The van der Waals surface area contributed by atoms with Crippen LogP contribution in [-0.2, 0) is 9.47 Å². The highest BCUT2D eigenvalue weighted by Crippen LogP contribution is 2.33. The topological polar surface area (TPSA) is 30.5 Å². The van der Waals surface area contributed by atoms with E-state index < -0.39 is 0 Å². The van der Waals surface area contributed by atoms with Crippen LogP contribution in [0.4, 0.5) is 0 Å². The third-order valence-corrected chi connectivity index (χ3v) is 3.56. The molecule has 0 aromatic rings. The van der Waals surface area contributed by atoms with Crippen LogP contribution in [0.15, 0.2) is 0 Å². The number of nitrogens with one attached hydrogen (secondary N) is 1. The second kappa shape index (κ2) is 8.06.